The fourth-order valence-electron chi connectivity index (χ4n) is 1.25. The van der Waals surface area contributed by atoms with Gasteiger partial charge in [-0.1, -0.05) is 36.4 Å². The molecule has 1 aromatic heterocycles. The molecule has 4 nitrogen and oxygen atoms in total. The van der Waals surface area contributed by atoms with Gasteiger partial charge in [-0.2, -0.15) is 4.57 Å². The molecular weight excluding hydrogens is 212 g/mol. The third-order valence-corrected chi connectivity index (χ3v) is 1.98. The van der Waals surface area contributed by atoms with Gasteiger partial charge >= 0.3 is 0 Å². The maximum absolute atomic E-state index is 6.75. The largest absolute Gasteiger partial charge is 0.373 e. The van der Waals surface area contributed by atoms with E-state index in [9.17, 15) is 0 Å². The molecule has 17 heavy (non-hydrogen) atoms. The van der Waals surface area contributed by atoms with Crippen LogP contribution in [0.5, 0.6) is 0 Å². The van der Waals surface area contributed by atoms with Gasteiger partial charge in [0.05, 0.1) is 0 Å². The lowest BCUT2D eigenvalue weighted by Gasteiger charge is -1.88. The van der Waals surface area contributed by atoms with E-state index >= 15 is 0 Å². The van der Waals surface area contributed by atoms with Crippen molar-refractivity contribution in [3.05, 3.63) is 82.5 Å². The molecule has 0 aliphatic carbocycles. The Bertz CT molecular complexity index is 444. The average molecular weight is 224 g/mol. The molecule has 1 aromatic carbocycles. The van der Waals surface area contributed by atoms with Gasteiger partial charge in [0.25, 0.3) is 0 Å². The fraction of sp³-hybridized carbons (Fsp3) is 0. The molecule has 0 saturated heterocycles. The first-order valence-corrected chi connectivity index (χ1v) is 5.04. The Labute approximate surface area is 99.9 Å². The molecule has 0 spiro atoms. The highest BCUT2D eigenvalue weighted by Gasteiger charge is 1.89. The Morgan fingerprint density at radius 3 is 2.00 bits per heavy atom. The topological polar surface area (TPSA) is 62.6 Å². The molecule has 1 heterocycles. The van der Waals surface area contributed by atoms with E-state index in [0.29, 0.717) is 0 Å². The quantitative estimate of drug-likeness (QED) is 0.324. The van der Waals surface area contributed by atoms with E-state index in [0.717, 1.165) is 0 Å². The molecule has 0 bridgehead atoms. The van der Waals surface area contributed by atoms with Crippen molar-refractivity contribution in [2.75, 3.05) is 0 Å². The number of nitrogens with zero attached hydrogens (tertiary/aromatic N) is 4. The van der Waals surface area contributed by atoms with Gasteiger partial charge < -0.3 is 11.1 Å². The number of hydrogen-bond donors (Lipinski definition) is 0. The summed E-state index contributed by atoms with van der Waals surface area (Å²) in [6.45, 7) is 0. The second-order valence-electron chi connectivity index (χ2n) is 3.14. The highest BCUT2D eigenvalue weighted by molar-refractivity contribution is 5.56. The third kappa shape index (κ3) is 5.16. The van der Waals surface area contributed by atoms with Crippen molar-refractivity contribution >= 4 is 12.3 Å². The lowest BCUT2D eigenvalue weighted by Crippen LogP contribution is -2.23. The van der Waals surface area contributed by atoms with E-state index in [2.05, 4.69) is 18.2 Å². The summed E-state index contributed by atoms with van der Waals surface area (Å²) in [4.78, 5) is 1.50. The van der Waals surface area contributed by atoms with Gasteiger partial charge in [-0.25, -0.2) is 0 Å². The molecule has 0 fully saturated rings. The summed E-state index contributed by atoms with van der Waals surface area (Å²) in [6.07, 6.45) is 8.15. The molecule has 0 aliphatic rings. The van der Waals surface area contributed by atoms with Crippen LogP contribution in [0.1, 0.15) is 5.56 Å². The Kier molecular flexibility index (Phi) is 5.64. The molecule has 2 rings (SSSR count). The summed E-state index contributed by atoms with van der Waals surface area (Å²) in [6, 6.07) is 16.3. The molecule has 0 radical (unpaired) electrons. The molecule has 0 saturated carbocycles. The van der Waals surface area contributed by atoms with Crippen molar-refractivity contribution in [2.24, 2.45) is 0 Å². The highest BCUT2D eigenvalue weighted by atomic mass is 15.0. The van der Waals surface area contributed by atoms with Crippen LogP contribution in [0.2, 0.25) is 0 Å². The Hall–Kier alpha value is -2.58. The molecule has 0 atom stereocenters. The minimum atomic E-state index is 1.21. The Morgan fingerprint density at radius 2 is 1.41 bits per heavy atom. The van der Waals surface area contributed by atoms with E-state index in [1.807, 2.05) is 59.6 Å². The fourth-order valence-corrected chi connectivity index (χ4v) is 1.25. The van der Waals surface area contributed by atoms with Gasteiger partial charge in [0, 0.05) is 18.2 Å². The lowest BCUT2D eigenvalue weighted by atomic mass is 10.2. The standard InChI is InChI=1S/C13H12N.N3/c1-3-7-13(8-4-1)9-12-14-10-5-2-6-11-14;1-3-2/h1-12H;/q+1;-1. The third-order valence-electron chi connectivity index (χ3n) is 1.98. The van der Waals surface area contributed by atoms with E-state index < -0.39 is 0 Å². The maximum Gasteiger partial charge on any atom is 0.175 e. The summed E-state index contributed by atoms with van der Waals surface area (Å²) in [7, 11) is 0. The van der Waals surface area contributed by atoms with Crippen LogP contribution in [0, 0.1) is 0 Å². The number of hydrogen-bond acceptors (Lipinski definition) is 0. The highest BCUT2D eigenvalue weighted by Crippen LogP contribution is 1.99. The smallest absolute Gasteiger partial charge is 0.175 e. The monoisotopic (exact) mass is 224 g/mol. The SMILES string of the molecule is C(=C[n+]1ccccc1)c1ccccc1.[N-]=[N+]=[N-]. The van der Waals surface area contributed by atoms with Crippen LogP contribution >= 0.6 is 0 Å². The van der Waals surface area contributed by atoms with Gasteiger partial charge in [0.2, 0.25) is 0 Å². The normalized spacial score (nSPS) is 9.18. The van der Waals surface area contributed by atoms with Crippen LogP contribution in [0.4, 0.5) is 0 Å². The molecule has 4 heteroatoms. The van der Waals surface area contributed by atoms with Crippen molar-refractivity contribution in [3.63, 3.8) is 0 Å². The second-order valence-corrected chi connectivity index (χ2v) is 3.14. The number of benzene rings is 1. The van der Waals surface area contributed by atoms with Gasteiger partial charge in [-0.3, -0.25) is 4.91 Å². The van der Waals surface area contributed by atoms with Crippen LogP contribution in [-0.4, -0.2) is 0 Å². The molecule has 0 aliphatic heterocycles. The van der Waals surface area contributed by atoms with E-state index in [1.54, 1.807) is 0 Å². The summed E-state index contributed by atoms with van der Waals surface area (Å²) < 4.78 is 2.02. The minimum absolute atomic E-state index is 1.21. The molecule has 84 valence electrons. The van der Waals surface area contributed by atoms with Gasteiger partial charge in [-0.05, 0) is 5.56 Å². The first-order valence-electron chi connectivity index (χ1n) is 5.04. The van der Waals surface area contributed by atoms with E-state index in [-0.39, 0.29) is 0 Å². The summed E-state index contributed by atoms with van der Waals surface area (Å²) in [5, 5.41) is 0. The van der Waals surface area contributed by atoms with E-state index in [4.69, 9.17) is 11.1 Å². The molecule has 2 aromatic rings. The average Bonchev–Trinajstić information content (AvgIpc) is 2.40. The predicted octanol–water partition coefficient (Wildman–Crippen LogP) is 3.47. The Balaban J connectivity index is 0.000000437. The molecule has 0 unspecified atom stereocenters. The van der Waals surface area contributed by atoms with Crippen LogP contribution in [0.15, 0.2) is 60.9 Å². The van der Waals surface area contributed by atoms with Crippen LogP contribution in [0.25, 0.3) is 28.2 Å². The van der Waals surface area contributed by atoms with Crippen molar-refractivity contribution in [2.45, 2.75) is 0 Å². The van der Waals surface area contributed by atoms with Crippen LogP contribution < -0.4 is 4.57 Å². The number of pyridine rings is 1. The molecule has 0 amide bonds. The zero-order chi connectivity index (χ0) is 12.3. The zero-order valence-corrected chi connectivity index (χ0v) is 9.22. The Morgan fingerprint density at radius 1 is 0.882 bits per heavy atom. The second kappa shape index (κ2) is 7.68. The van der Waals surface area contributed by atoms with Crippen molar-refractivity contribution in [1.82, 2.24) is 0 Å². The molecule has 0 N–H and O–H groups in total. The van der Waals surface area contributed by atoms with Gasteiger partial charge in [0.1, 0.15) is 0 Å². The van der Waals surface area contributed by atoms with Crippen molar-refractivity contribution < 1.29 is 4.57 Å². The van der Waals surface area contributed by atoms with E-state index in [1.165, 1.54) is 10.5 Å². The van der Waals surface area contributed by atoms with Gasteiger partial charge in [-0.15, -0.1) is 0 Å². The summed E-state index contributed by atoms with van der Waals surface area (Å²) >= 11 is 0. The predicted molar refractivity (Wildman–Crippen MR) is 68.4 cm³/mol. The lowest BCUT2D eigenvalue weighted by molar-refractivity contribution is -0.567. The maximum atomic E-state index is 6.75. The van der Waals surface area contributed by atoms with Gasteiger partial charge in [0.15, 0.2) is 18.6 Å². The molecular formula is C13H12N4. The van der Waals surface area contributed by atoms with Crippen LogP contribution in [0.3, 0.4) is 0 Å². The van der Waals surface area contributed by atoms with Crippen molar-refractivity contribution in [1.29, 1.82) is 0 Å². The number of aromatic nitrogens is 1. The van der Waals surface area contributed by atoms with Crippen LogP contribution in [-0.2, 0) is 0 Å². The van der Waals surface area contributed by atoms with Crippen molar-refractivity contribution in [3.8, 4) is 0 Å². The summed E-state index contributed by atoms with van der Waals surface area (Å²) in [5.74, 6) is 0. The number of rotatable bonds is 2. The zero-order valence-electron chi connectivity index (χ0n) is 9.22. The minimum Gasteiger partial charge on any atom is -0.373 e. The first kappa shape index (κ1) is 12.5. The first-order chi connectivity index (χ1) is 8.36. The summed E-state index contributed by atoms with van der Waals surface area (Å²) in [5.41, 5.74) is 14.7.